The second kappa shape index (κ2) is 4.44. The Balaban J connectivity index is 1.89. The largest absolute Gasteiger partial charge is 0.376 e. The Bertz CT molecular complexity index is 110. The van der Waals surface area contributed by atoms with Crippen LogP contribution >= 0.6 is 0 Å². The molecule has 0 atom stereocenters. The van der Waals surface area contributed by atoms with Crippen LogP contribution in [0.15, 0.2) is 12.2 Å². The first-order valence-corrected chi connectivity index (χ1v) is 3.48. The molecule has 0 unspecified atom stereocenters. The molecule has 0 aromatic carbocycles. The van der Waals surface area contributed by atoms with Crippen molar-refractivity contribution in [2.75, 3.05) is 26.4 Å². The average Bonchev–Trinajstić information content (AvgIpc) is 1.84. The summed E-state index contributed by atoms with van der Waals surface area (Å²) in [7, 11) is 0. The van der Waals surface area contributed by atoms with E-state index in [9.17, 15) is 0 Å². The molecule has 0 bridgehead atoms. The fraction of sp³-hybridized carbons (Fsp3) is 0.714. The van der Waals surface area contributed by atoms with E-state index in [4.69, 9.17) is 15.2 Å². The van der Waals surface area contributed by atoms with E-state index in [2.05, 4.69) is 0 Å². The lowest BCUT2D eigenvalue weighted by molar-refractivity contribution is -0.122. The minimum absolute atomic E-state index is 0.322. The van der Waals surface area contributed by atoms with Crippen LogP contribution in [-0.2, 0) is 9.47 Å². The lowest BCUT2D eigenvalue weighted by Gasteiger charge is -2.25. The van der Waals surface area contributed by atoms with E-state index in [1.54, 1.807) is 0 Å². The van der Waals surface area contributed by atoms with Crippen LogP contribution in [0.2, 0.25) is 0 Å². The predicted molar refractivity (Wildman–Crippen MR) is 38.8 cm³/mol. The van der Waals surface area contributed by atoms with Gasteiger partial charge in [0.15, 0.2) is 0 Å². The molecular formula is C7H13NO2. The van der Waals surface area contributed by atoms with Gasteiger partial charge in [-0.05, 0) is 0 Å². The third-order valence-electron chi connectivity index (χ3n) is 1.34. The standard InChI is InChI=1S/C7H13NO2/c8-3-1-2-4-10-7-5-9-6-7/h1-2,7H,3-6,8H2/b2-1+. The maximum Gasteiger partial charge on any atom is 0.104 e. The molecular weight excluding hydrogens is 130 g/mol. The summed E-state index contributed by atoms with van der Waals surface area (Å²) < 4.78 is 10.2. The van der Waals surface area contributed by atoms with Gasteiger partial charge in [-0.25, -0.2) is 0 Å². The molecule has 3 heteroatoms. The molecule has 0 aromatic heterocycles. The Morgan fingerprint density at radius 3 is 2.80 bits per heavy atom. The van der Waals surface area contributed by atoms with Crippen LogP contribution in [0.3, 0.4) is 0 Å². The molecule has 0 aromatic rings. The molecule has 1 aliphatic rings. The number of hydrogen-bond acceptors (Lipinski definition) is 3. The van der Waals surface area contributed by atoms with Crippen molar-refractivity contribution in [2.45, 2.75) is 6.10 Å². The highest BCUT2D eigenvalue weighted by atomic mass is 16.6. The fourth-order valence-corrected chi connectivity index (χ4v) is 0.666. The molecule has 1 heterocycles. The van der Waals surface area contributed by atoms with Gasteiger partial charge in [-0.15, -0.1) is 0 Å². The first kappa shape index (κ1) is 7.72. The summed E-state index contributed by atoms with van der Waals surface area (Å²) in [4.78, 5) is 0. The summed E-state index contributed by atoms with van der Waals surface area (Å²) in [6.07, 6.45) is 4.14. The molecule has 1 rings (SSSR count). The van der Waals surface area contributed by atoms with E-state index in [1.165, 1.54) is 0 Å². The Hall–Kier alpha value is -0.380. The van der Waals surface area contributed by atoms with Crippen LogP contribution in [0.1, 0.15) is 0 Å². The highest BCUT2D eigenvalue weighted by Crippen LogP contribution is 2.04. The first-order chi connectivity index (χ1) is 4.93. The Kier molecular flexibility index (Phi) is 3.43. The SMILES string of the molecule is NC/C=C/COC1COC1. The third-order valence-corrected chi connectivity index (χ3v) is 1.34. The van der Waals surface area contributed by atoms with E-state index in [0.29, 0.717) is 19.3 Å². The van der Waals surface area contributed by atoms with Gasteiger partial charge in [-0.2, -0.15) is 0 Å². The van der Waals surface area contributed by atoms with Crippen molar-refractivity contribution in [1.82, 2.24) is 0 Å². The van der Waals surface area contributed by atoms with Gasteiger partial charge in [0.05, 0.1) is 19.8 Å². The molecule has 58 valence electrons. The van der Waals surface area contributed by atoms with Crippen LogP contribution in [0.25, 0.3) is 0 Å². The van der Waals surface area contributed by atoms with Gasteiger partial charge >= 0.3 is 0 Å². The molecule has 0 aliphatic carbocycles. The van der Waals surface area contributed by atoms with Gasteiger partial charge in [-0.1, -0.05) is 12.2 Å². The van der Waals surface area contributed by atoms with Crippen LogP contribution in [0.5, 0.6) is 0 Å². The smallest absolute Gasteiger partial charge is 0.104 e. The van der Waals surface area contributed by atoms with Gasteiger partial charge in [0, 0.05) is 6.54 Å². The second-order valence-corrected chi connectivity index (χ2v) is 2.20. The first-order valence-electron chi connectivity index (χ1n) is 3.48. The van der Waals surface area contributed by atoms with Crippen LogP contribution in [0, 0.1) is 0 Å². The fourth-order valence-electron chi connectivity index (χ4n) is 0.666. The molecule has 0 radical (unpaired) electrons. The normalized spacial score (nSPS) is 19.7. The zero-order chi connectivity index (χ0) is 7.23. The Morgan fingerprint density at radius 2 is 2.30 bits per heavy atom. The maximum absolute atomic E-state index is 5.31. The van der Waals surface area contributed by atoms with E-state index in [1.807, 2.05) is 12.2 Å². The summed E-state index contributed by atoms with van der Waals surface area (Å²) in [5.41, 5.74) is 5.22. The molecule has 0 spiro atoms. The zero-order valence-corrected chi connectivity index (χ0v) is 5.95. The van der Waals surface area contributed by atoms with Crippen molar-refractivity contribution < 1.29 is 9.47 Å². The number of ether oxygens (including phenoxy) is 2. The lowest BCUT2D eigenvalue weighted by atomic mass is 10.3. The molecule has 1 aliphatic heterocycles. The van der Waals surface area contributed by atoms with Gasteiger partial charge in [-0.3, -0.25) is 0 Å². The molecule has 2 N–H and O–H groups in total. The summed E-state index contributed by atoms with van der Waals surface area (Å²) in [5.74, 6) is 0. The summed E-state index contributed by atoms with van der Waals surface area (Å²) in [6.45, 7) is 2.74. The predicted octanol–water partition coefficient (Wildman–Crippen LogP) is -0.0833. The summed E-state index contributed by atoms with van der Waals surface area (Å²) in [6, 6.07) is 0. The van der Waals surface area contributed by atoms with Gasteiger partial charge < -0.3 is 15.2 Å². The number of rotatable bonds is 4. The molecule has 10 heavy (non-hydrogen) atoms. The molecule has 3 nitrogen and oxygen atoms in total. The molecule has 0 saturated carbocycles. The third kappa shape index (κ3) is 2.47. The van der Waals surface area contributed by atoms with Crippen molar-refractivity contribution in [3.63, 3.8) is 0 Å². The quantitative estimate of drug-likeness (QED) is 0.560. The molecule has 1 saturated heterocycles. The van der Waals surface area contributed by atoms with E-state index in [-0.39, 0.29) is 0 Å². The second-order valence-electron chi connectivity index (χ2n) is 2.20. The van der Waals surface area contributed by atoms with E-state index in [0.717, 1.165) is 13.2 Å². The monoisotopic (exact) mass is 143 g/mol. The summed E-state index contributed by atoms with van der Waals surface area (Å²) >= 11 is 0. The number of nitrogens with two attached hydrogens (primary N) is 1. The van der Waals surface area contributed by atoms with Crippen molar-refractivity contribution in [1.29, 1.82) is 0 Å². The van der Waals surface area contributed by atoms with Crippen LogP contribution < -0.4 is 5.73 Å². The van der Waals surface area contributed by atoms with Gasteiger partial charge in [0.2, 0.25) is 0 Å². The maximum atomic E-state index is 5.31. The minimum atomic E-state index is 0.322. The van der Waals surface area contributed by atoms with Crippen molar-refractivity contribution in [3.05, 3.63) is 12.2 Å². The number of hydrogen-bond donors (Lipinski definition) is 1. The zero-order valence-electron chi connectivity index (χ0n) is 5.95. The van der Waals surface area contributed by atoms with Crippen molar-refractivity contribution in [3.8, 4) is 0 Å². The summed E-state index contributed by atoms with van der Waals surface area (Å²) in [5, 5.41) is 0. The van der Waals surface area contributed by atoms with Gasteiger partial charge in [0.1, 0.15) is 6.10 Å². The van der Waals surface area contributed by atoms with Crippen molar-refractivity contribution >= 4 is 0 Å². The topological polar surface area (TPSA) is 44.5 Å². The average molecular weight is 143 g/mol. The Labute approximate surface area is 60.8 Å². The van der Waals surface area contributed by atoms with Gasteiger partial charge in [0.25, 0.3) is 0 Å². The lowest BCUT2D eigenvalue weighted by Crippen LogP contribution is -2.36. The van der Waals surface area contributed by atoms with Crippen molar-refractivity contribution in [2.24, 2.45) is 5.73 Å². The Morgan fingerprint density at radius 1 is 1.50 bits per heavy atom. The highest BCUT2D eigenvalue weighted by Gasteiger charge is 2.17. The van der Waals surface area contributed by atoms with E-state index >= 15 is 0 Å². The van der Waals surface area contributed by atoms with Crippen LogP contribution in [0.4, 0.5) is 0 Å². The minimum Gasteiger partial charge on any atom is -0.376 e. The van der Waals surface area contributed by atoms with E-state index < -0.39 is 0 Å². The molecule has 0 amide bonds. The molecule has 1 fully saturated rings. The van der Waals surface area contributed by atoms with Crippen LogP contribution in [-0.4, -0.2) is 32.5 Å². The highest BCUT2D eigenvalue weighted by molar-refractivity contribution is 4.82.